The number of nitrogens with zero attached hydrogens (tertiary/aromatic N) is 4. The maximum Gasteiger partial charge on any atom is 0.409 e. The van der Waals surface area contributed by atoms with E-state index in [1.165, 1.54) is 6.26 Å². The zero-order valence-corrected chi connectivity index (χ0v) is 19.4. The molecule has 0 radical (unpaired) electrons. The van der Waals surface area contributed by atoms with Crippen molar-refractivity contribution in [3.63, 3.8) is 0 Å². The number of piperazine rings is 1. The Morgan fingerprint density at radius 2 is 2.16 bits per heavy atom. The number of carbonyl (C=O) groups excluding carboxylic acids is 2. The van der Waals surface area contributed by atoms with Crippen LogP contribution < -0.4 is 16.0 Å². The van der Waals surface area contributed by atoms with E-state index in [1.54, 1.807) is 4.90 Å². The number of benzene rings is 1. The van der Waals surface area contributed by atoms with Gasteiger partial charge in [-0.2, -0.15) is 4.98 Å². The number of aromatic nitrogens is 1. The minimum absolute atomic E-state index is 0.0528. The van der Waals surface area contributed by atoms with E-state index in [4.69, 9.17) is 14.9 Å². The zero-order valence-electron chi connectivity index (χ0n) is 17.8. The molecule has 31 heavy (non-hydrogen) atoms. The molecule has 2 aromatic rings. The van der Waals surface area contributed by atoms with Crippen molar-refractivity contribution in [1.29, 1.82) is 0 Å². The van der Waals surface area contributed by atoms with E-state index < -0.39 is 5.91 Å². The summed E-state index contributed by atoms with van der Waals surface area (Å²) in [5.74, 6) is -0.425. The summed E-state index contributed by atoms with van der Waals surface area (Å²) in [5.41, 5.74) is 7.05. The summed E-state index contributed by atoms with van der Waals surface area (Å²) < 4.78 is 10.9. The molecule has 1 aliphatic heterocycles. The molecule has 3 N–H and O–H groups in total. The maximum absolute atomic E-state index is 12.5. The number of nitrogens with one attached hydrogen (secondary N) is 1. The smallest absolute Gasteiger partial charge is 0.409 e. The van der Waals surface area contributed by atoms with Crippen molar-refractivity contribution in [1.82, 2.24) is 14.8 Å². The molecule has 1 aromatic carbocycles. The number of halogens is 1. The Bertz CT molecular complexity index is 934. The van der Waals surface area contributed by atoms with Gasteiger partial charge in [-0.25, -0.2) is 4.79 Å². The van der Waals surface area contributed by atoms with Crippen molar-refractivity contribution in [3.8, 4) is 0 Å². The highest BCUT2D eigenvalue weighted by Crippen LogP contribution is 2.31. The van der Waals surface area contributed by atoms with Crippen LogP contribution in [0.2, 0.25) is 0 Å². The number of hydrogen-bond donors (Lipinski definition) is 2. The molecule has 0 spiro atoms. The molecule has 1 unspecified atom stereocenters. The largest absolute Gasteiger partial charge is 0.449 e. The Morgan fingerprint density at radius 3 is 2.81 bits per heavy atom. The van der Waals surface area contributed by atoms with Crippen molar-refractivity contribution in [2.75, 3.05) is 56.3 Å². The van der Waals surface area contributed by atoms with Crippen LogP contribution in [0.1, 0.15) is 23.8 Å². The van der Waals surface area contributed by atoms with Crippen LogP contribution in [-0.4, -0.2) is 73.3 Å². The fourth-order valence-corrected chi connectivity index (χ4v) is 3.67. The lowest BCUT2D eigenvalue weighted by Crippen LogP contribution is -2.60. The molecule has 0 bridgehead atoms. The first kappa shape index (κ1) is 22.9. The number of hydrogen-bond acceptors (Lipinski definition) is 8. The molecule has 3 rings (SSSR count). The van der Waals surface area contributed by atoms with Gasteiger partial charge in [0.2, 0.25) is 0 Å². The predicted octanol–water partition coefficient (Wildman–Crippen LogP) is 2.83. The molecule has 1 aliphatic rings. The van der Waals surface area contributed by atoms with Gasteiger partial charge in [0.15, 0.2) is 5.69 Å². The quantitative estimate of drug-likeness (QED) is 0.629. The Morgan fingerprint density at radius 1 is 1.39 bits per heavy atom. The Balaban J connectivity index is 1.77. The second-order valence-electron chi connectivity index (χ2n) is 7.39. The zero-order chi connectivity index (χ0) is 22.5. The standard InChI is InChI=1S/C20H27BrN6O4/c1-4-9-30-20(29)26-7-8-27(17(11-26)25(2)3)13-5-6-14(21)15(10-13)23-18(28)16-12-31-19(22)24-16/h5-6,10,12,17H,4,7-9,11H2,1-3H3,(H2,22,24)(H,23,28). The van der Waals surface area contributed by atoms with Crippen LogP contribution in [-0.2, 0) is 4.74 Å². The first-order valence-electron chi connectivity index (χ1n) is 9.96. The Kier molecular flexibility index (Phi) is 7.39. The monoisotopic (exact) mass is 494 g/mol. The Hall–Kier alpha value is -2.79. The van der Waals surface area contributed by atoms with Gasteiger partial charge >= 0.3 is 6.09 Å². The van der Waals surface area contributed by atoms with E-state index in [-0.39, 0.29) is 24.0 Å². The van der Waals surface area contributed by atoms with Gasteiger partial charge in [-0.1, -0.05) is 6.92 Å². The maximum atomic E-state index is 12.5. The number of carbonyl (C=O) groups is 2. The van der Waals surface area contributed by atoms with Crippen molar-refractivity contribution < 1.29 is 18.7 Å². The fraction of sp³-hybridized carbons (Fsp3) is 0.450. The van der Waals surface area contributed by atoms with Crippen LogP contribution in [0.25, 0.3) is 0 Å². The molecule has 1 atom stereocenters. The van der Waals surface area contributed by atoms with Gasteiger partial charge in [0.05, 0.1) is 25.0 Å². The molecule has 11 heteroatoms. The van der Waals surface area contributed by atoms with Crippen LogP contribution in [0.3, 0.4) is 0 Å². The summed E-state index contributed by atoms with van der Waals surface area (Å²) >= 11 is 3.48. The number of nitrogens with two attached hydrogens (primary N) is 1. The number of oxazole rings is 1. The van der Waals surface area contributed by atoms with Crippen LogP contribution in [0.15, 0.2) is 33.4 Å². The SMILES string of the molecule is CCCOC(=O)N1CCN(c2ccc(Br)c(NC(=O)c3coc(N)n3)c2)C(N(C)C)C1. The lowest BCUT2D eigenvalue weighted by molar-refractivity contribution is 0.0809. The topological polar surface area (TPSA) is 117 Å². The number of rotatable bonds is 6. The van der Waals surface area contributed by atoms with Gasteiger partial charge in [0.1, 0.15) is 6.26 Å². The van der Waals surface area contributed by atoms with E-state index >= 15 is 0 Å². The van der Waals surface area contributed by atoms with E-state index in [9.17, 15) is 9.59 Å². The van der Waals surface area contributed by atoms with Gasteiger partial charge < -0.3 is 30.0 Å². The average Bonchev–Trinajstić information content (AvgIpc) is 3.19. The molecule has 1 saturated heterocycles. The van der Waals surface area contributed by atoms with Crippen LogP contribution in [0.4, 0.5) is 22.2 Å². The van der Waals surface area contributed by atoms with Gasteiger partial charge in [0, 0.05) is 23.2 Å². The van der Waals surface area contributed by atoms with Gasteiger partial charge in [-0.15, -0.1) is 0 Å². The number of nitrogen functional groups attached to an aromatic ring is 1. The summed E-state index contributed by atoms with van der Waals surface area (Å²) in [7, 11) is 3.93. The van der Waals surface area contributed by atoms with Crippen LogP contribution >= 0.6 is 15.9 Å². The molecule has 10 nitrogen and oxygen atoms in total. The molecule has 1 aromatic heterocycles. The van der Waals surface area contributed by atoms with Crippen molar-refractivity contribution in [2.24, 2.45) is 0 Å². The van der Waals surface area contributed by atoms with Crippen LogP contribution in [0.5, 0.6) is 0 Å². The van der Waals surface area contributed by atoms with E-state index in [0.717, 1.165) is 16.6 Å². The van der Waals surface area contributed by atoms with Gasteiger partial charge in [-0.3, -0.25) is 9.69 Å². The average molecular weight is 495 g/mol. The minimum atomic E-state index is -0.425. The highest BCUT2D eigenvalue weighted by Gasteiger charge is 2.32. The summed E-state index contributed by atoms with van der Waals surface area (Å²) in [6.45, 7) is 4.06. The molecule has 2 heterocycles. The molecule has 0 aliphatic carbocycles. The lowest BCUT2D eigenvalue weighted by Gasteiger charge is -2.45. The normalized spacial score (nSPS) is 16.5. The predicted molar refractivity (Wildman–Crippen MR) is 121 cm³/mol. The summed E-state index contributed by atoms with van der Waals surface area (Å²) in [4.78, 5) is 34.6. The lowest BCUT2D eigenvalue weighted by atomic mass is 10.2. The second kappa shape index (κ2) is 10.0. The molecular formula is C20H27BrN6O4. The third-order valence-electron chi connectivity index (χ3n) is 4.92. The van der Waals surface area contributed by atoms with Gasteiger partial charge in [-0.05, 0) is 54.6 Å². The minimum Gasteiger partial charge on any atom is -0.449 e. The summed E-state index contributed by atoms with van der Waals surface area (Å²) in [6, 6.07) is 5.65. The third kappa shape index (κ3) is 5.47. The number of anilines is 3. The summed E-state index contributed by atoms with van der Waals surface area (Å²) in [6.07, 6.45) is 1.66. The summed E-state index contributed by atoms with van der Waals surface area (Å²) in [5, 5.41) is 2.82. The van der Waals surface area contributed by atoms with Gasteiger partial charge in [0.25, 0.3) is 11.9 Å². The highest BCUT2D eigenvalue weighted by atomic mass is 79.9. The molecule has 2 amide bonds. The first-order chi connectivity index (χ1) is 14.8. The van der Waals surface area contributed by atoms with E-state index in [1.807, 2.05) is 39.2 Å². The van der Waals surface area contributed by atoms with E-state index in [2.05, 4.69) is 36.0 Å². The number of amides is 2. The number of ether oxygens (including phenoxy) is 1. The van der Waals surface area contributed by atoms with Crippen molar-refractivity contribution >= 4 is 45.3 Å². The Labute approximate surface area is 189 Å². The van der Waals surface area contributed by atoms with Crippen LogP contribution in [0, 0.1) is 0 Å². The molecular weight excluding hydrogens is 468 g/mol. The first-order valence-corrected chi connectivity index (χ1v) is 10.8. The highest BCUT2D eigenvalue weighted by molar-refractivity contribution is 9.10. The number of likely N-dealkylation sites (N-methyl/N-ethyl adjacent to an activating group) is 1. The second-order valence-corrected chi connectivity index (χ2v) is 8.24. The van der Waals surface area contributed by atoms with Crippen molar-refractivity contribution in [2.45, 2.75) is 19.5 Å². The molecule has 168 valence electrons. The van der Waals surface area contributed by atoms with Crippen molar-refractivity contribution in [3.05, 3.63) is 34.6 Å². The fourth-order valence-electron chi connectivity index (χ4n) is 3.32. The molecule has 1 fully saturated rings. The van der Waals surface area contributed by atoms with E-state index in [0.29, 0.717) is 31.9 Å². The third-order valence-corrected chi connectivity index (χ3v) is 5.61. The molecule has 0 saturated carbocycles.